The van der Waals surface area contributed by atoms with Gasteiger partial charge in [0.1, 0.15) is 0 Å². The summed E-state index contributed by atoms with van der Waals surface area (Å²) in [7, 11) is 2.42. The van der Waals surface area contributed by atoms with Gasteiger partial charge in [-0.05, 0) is 10.9 Å². The first-order valence-corrected chi connectivity index (χ1v) is 3.96. The second kappa shape index (κ2) is 3.44. The van der Waals surface area contributed by atoms with E-state index in [1.807, 2.05) is 0 Å². The van der Waals surface area contributed by atoms with Crippen molar-refractivity contribution >= 4 is 14.5 Å². The van der Waals surface area contributed by atoms with E-state index in [2.05, 4.69) is 9.24 Å². The van der Waals surface area contributed by atoms with Crippen LogP contribution in [0.5, 0.6) is 0 Å². The number of rotatable bonds is 1. The Kier molecular flexibility index (Phi) is 2.73. The number of hydrogen-bond acceptors (Lipinski definition) is 0. The van der Waals surface area contributed by atoms with Crippen LogP contribution < -0.4 is 5.30 Å². The monoisotopic (exact) mass is 192 g/mol. The molecule has 1 aromatic carbocycles. The fourth-order valence-corrected chi connectivity index (χ4v) is 1.06. The maximum absolute atomic E-state index is 11.8. The molecule has 1 atom stereocenters. The molecule has 0 saturated heterocycles. The maximum atomic E-state index is 11.8. The van der Waals surface area contributed by atoms with Crippen molar-refractivity contribution in [3.05, 3.63) is 29.8 Å². The minimum atomic E-state index is -4.11. The van der Waals surface area contributed by atoms with Crippen LogP contribution in [0.25, 0.3) is 0 Å². The molecule has 0 heterocycles. The van der Waals surface area contributed by atoms with Crippen molar-refractivity contribution < 1.29 is 13.2 Å². The molecule has 0 radical (unpaired) electrons. The Morgan fingerprint density at radius 2 is 1.58 bits per heavy atom. The lowest BCUT2D eigenvalue weighted by atomic mass is 10.1. The van der Waals surface area contributed by atoms with Gasteiger partial charge in [-0.15, -0.1) is 9.24 Å². The van der Waals surface area contributed by atoms with Crippen LogP contribution >= 0.6 is 9.24 Å². The quantitative estimate of drug-likeness (QED) is 0.599. The molecule has 1 rings (SSSR count). The molecule has 0 bridgehead atoms. The van der Waals surface area contributed by atoms with Gasteiger partial charge in [0.05, 0.1) is 6.42 Å². The Morgan fingerprint density at radius 3 is 2.00 bits per heavy atom. The summed E-state index contributed by atoms with van der Waals surface area (Å²) in [6.45, 7) is 0. The Morgan fingerprint density at radius 1 is 1.08 bits per heavy atom. The number of halogens is 3. The van der Waals surface area contributed by atoms with E-state index < -0.39 is 12.6 Å². The first-order chi connectivity index (χ1) is 5.47. The summed E-state index contributed by atoms with van der Waals surface area (Å²) in [4.78, 5) is 0. The van der Waals surface area contributed by atoms with Gasteiger partial charge >= 0.3 is 6.18 Å². The van der Waals surface area contributed by atoms with Gasteiger partial charge in [-0.25, -0.2) is 0 Å². The highest BCUT2D eigenvalue weighted by Crippen LogP contribution is 2.20. The molecule has 0 N–H and O–H groups in total. The van der Waals surface area contributed by atoms with Crippen molar-refractivity contribution in [1.29, 1.82) is 0 Å². The molecule has 0 nitrogen and oxygen atoms in total. The Balaban J connectivity index is 2.71. The van der Waals surface area contributed by atoms with E-state index in [0.717, 1.165) is 5.30 Å². The normalized spacial score (nSPS) is 11.7. The zero-order chi connectivity index (χ0) is 9.19. The summed E-state index contributed by atoms with van der Waals surface area (Å²) in [5.41, 5.74) is 0.300. The fraction of sp³-hybridized carbons (Fsp3) is 0.250. The van der Waals surface area contributed by atoms with Crippen molar-refractivity contribution in [2.45, 2.75) is 12.6 Å². The molecule has 0 aliphatic carbocycles. The summed E-state index contributed by atoms with van der Waals surface area (Å²) in [6.07, 6.45) is -4.96. The SMILES string of the molecule is FC(F)(F)Cc1ccc(P)cc1. The predicted molar refractivity (Wildman–Crippen MR) is 45.5 cm³/mol. The lowest BCUT2D eigenvalue weighted by Crippen LogP contribution is -2.11. The maximum Gasteiger partial charge on any atom is 0.393 e. The van der Waals surface area contributed by atoms with E-state index >= 15 is 0 Å². The largest absolute Gasteiger partial charge is 0.393 e. The molecule has 1 aromatic rings. The Labute approximate surface area is 71.0 Å². The highest BCUT2D eigenvalue weighted by Gasteiger charge is 2.27. The molecule has 66 valence electrons. The average molecular weight is 192 g/mol. The second-order valence-electron chi connectivity index (χ2n) is 2.53. The van der Waals surface area contributed by atoms with Gasteiger partial charge in [0, 0.05) is 0 Å². The number of benzene rings is 1. The minimum Gasteiger partial charge on any atom is -0.171 e. The highest BCUT2D eigenvalue weighted by atomic mass is 31.0. The molecule has 0 aromatic heterocycles. The van der Waals surface area contributed by atoms with Crippen LogP contribution in [-0.2, 0) is 6.42 Å². The van der Waals surface area contributed by atoms with Crippen molar-refractivity contribution in [2.75, 3.05) is 0 Å². The van der Waals surface area contributed by atoms with Crippen LogP contribution in [0.3, 0.4) is 0 Å². The molecule has 0 aliphatic rings. The van der Waals surface area contributed by atoms with Gasteiger partial charge in [-0.2, -0.15) is 13.2 Å². The Hall–Kier alpha value is -0.560. The third-order valence-corrected chi connectivity index (χ3v) is 1.77. The lowest BCUT2D eigenvalue weighted by molar-refractivity contribution is -0.127. The summed E-state index contributed by atoms with van der Waals surface area (Å²) in [6, 6.07) is 6.25. The molecular weight excluding hydrogens is 184 g/mol. The van der Waals surface area contributed by atoms with E-state index in [4.69, 9.17) is 0 Å². The van der Waals surface area contributed by atoms with E-state index in [1.165, 1.54) is 12.1 Å². The van der Waals surface area contributed by atoms with Crippen LogP contribution in [0, 0.1) is 0 Å². The molecule has 1 unspecified atom stereocenters. The second-order valence-corrected chi connectivity index (χ2v) is 3.20. The summed E-state index contributed by atoms with van der Waals surface area (Å²) < 4.78 is 35.5. The van der Waals surface area contributed by atoms with E-state index in [0.29, 0.717) is 5.56 Å². The van der Waals surface area contributed by atoms with Gasteiger partial charge in [0.15, 0.2) is 0 Å². The van der Waals surface area contributed by atoms with Crippen molar-refractivity contribution in [2.24, 2.45) is 0 Å². The minimum absolute atomic E-state index is 0.300. The van der Waals surface area contributed by atoms with Gasteiger partial charge in [-0.3, -0.25) is 0 Å². The van der Waals surface area contributed by atoms with Crippen LogP contribution in [0.2, 0.25) is 0 Å². The fourth-order valence-electron chi connectivity index (χ4n) is 0.867. The Bertz CT molecular complexity index is 250. The van der Waals surface area contributed by atoms with Crippen LogP contribution in [-0.4, -0.2) is 6.18 Å². The highest BCUT2D eigenvalue weighted by molar-refractivity contribution is 7.27. The van der Waals surface area contributed by atoms with E-state index in [9.17, 15) is 13.2 Å². The van der Waals surface area contributed by atoms with Crippen LogP contribution in [0.1, 0.15) is 5.56 Å². The zero-order valence-electron chi connectivity index (χ0n) is 6.23. The predicted octanol–water partition coefficient (Wildman–Crippen LogP) is 2.29. The average Bonchev–Trinajstić information content (AvgIpc) is 1.91. The molecule has 12 heavy (non-hydrogen) atoms. The van der Waals surface area contributed by atoms with E-state index in [-0.39, 0.29) is 0 Å². The van der Waals surface area contributed by atoms with Gasteiger partial charge in [-0.1, -0.05) is 24.3 Å². The first-order valence-electron chi connectivity index (χ1n) is 3.38. The standard InChI is InChI=1S/C8H8F3P/c9-8(10,11)5-6-1-3-7(12)4-2-6/h1-4H,5,12H2. The zero-order valence-corrected chi connectivity index (χ0v) is 7.38. The summed E-state index contributed by atoms with van der Waals surface area (Å²) in [5.74, 6) is 0. The number of hydrogen-bond donors (Lipinski definition) is 0. The summed E-state index contributed by atoms with van der Waals surface area (Å²) in [5, 5.41) is 0.890. The molecule has 0 aliphatic heterocycles. The lowest BCUT2D eigenvalue weighted by Gasteiger charge is -2.05. The third-order valence-electron chi connectivity index (χ3n) is 1.38. The van der Waals surface area contributed by atoms with E-state index in [1.54, 1.807) is 12.1 Å². The number of alkyl halides is 3. The van der Waals surface area contributed by atoms with Crippen molar-refractivity contribution in [3.8, 4) is 0 Å². The van der Waals surface area contributed by atoms with Gasteiger partial charge < -0.3 is 0 Å². The van der Waals surface area contributed by atoms with Crippen LogP contribution in [0.4, 0.5) is 13.2 Å². The molecular formula is C8H8F3P. The van der Waals surface area contributed by atoms with Crippen LogP contribution in [0.15, 0.2) is 24.3 Å². The molecule has 0 amide bonds. The van der Waals surface area contributed by atoms with Gasteiger partial charge in [0.2, 0.25) is 0 Å². The van der Waals surface area contributed by atoms with Gasteiger partial charge in [0.25, 0.3) is 0 Å². The van der Waals surface area contributed by atoms with Crippen molar-refractivity contribution in [1.82, 2.24) is 0 Å². The molecule has 0 spiro atoms. The topological polar surface area (TPSA) is 0 Å². The molecule has 0 saturated carbocycles. The third kappa shape index (κ3) is 3.22. The van der Waals surface area contributed by atoms with Crippen molar-refractivity contribution in [3.63, 3.8) is 0 Å². The summed E-state index contributed by atoms with van der Waals surface area (Å²) >= 11 is 0. The molecule has 4 heteroatoms. The smallest absolute Gasteiger partial charge is 0.171 e. The first kappa shape index (κ1) is 9.53. The molecule has 0 fully saturated rings.